The second-order valence-corrected chi connectivity index (χ2v) is 8.53. The van der Waals surface area contributed by atoms with Crippen LogP contribution in [0.5, 0.6) is 0 Å². The van der Waals surface area contributed by atoms with Crippen LogP contribution in [0.4, 0.5) is 5.69 Å². The summed E-state index contributed by atoms with van der Waals surface area (Å²) in [5.74, 6) is 1.18. The van der Waals surface area contributed by atoms with Gasteiger partial charge >= 0.3 is 0 Å². The van der Waals surface area contributed by atoms with Gasteiger partial charge in [0.25, 0.3) is 5.56 Å². The Hall–Kier alpha value is -1.31. The third-order valence-electron chi connectivity index (χ3n) is 5.89. The highest BCUT2D eigenvalue weighted by atomic mass is 32.2. The molecule has 1 amide bonds. The summed E-state index contributed by atoms with van der Waals surface area (Å²) in [5.41, 5.74) is 1.49. The fraction of sp³-hybridized carbons (Fsp3) is 0.684. The molecule has 2 fully saturated rings. The first-order chi connectivity index (χ1) is 12.7. The van der Waals surface area contributed by atoms with Crippen LogP contribution in [0.25, 0.3) is 0 Å². The third-order valence-corrected chi connectivity index (χ3v) is 6.44. The zero-order valence-electron chi connectivity index (χ0n) is 15.3. The molecule has 1 aromatic rings. The van der Waals surface area contributed by atoms with Crippen molar-refractivity contribution in [2.24, 2.45) is 5.92 Å². The van der Waals surface area contributed by atoms with Gasteiger partial charge in [-0.2, -0.15) is 11.8 Å². The molecule has 0 aliphatic carbocycles. The molecule has 3 aliphatic heterocycles. The molecule has 26 heavy (non-hydrogen) atoms. The van der Waals surface area contributed by atoms with Crippen LogP contribution in [0, 0.1) is 5.92 Å². The zero-order chi connectivity index (χ0) is 18.1. The highest BCUT2D eigenvalue weighted by molar-refractivity contribution is 7.99. The van der Waals surface area contributed by atoms with Crippen LogP contribution in [0.1, 0.15) is 30.9 Å². The van der Waals surface area contributed by atoms with Crippen molar-refractivity contribution in [1.29, 1.82) is 0 Å². The number of carbonyl (C=O) groups is 1. The summed E-state index contributed by atoms with van der Waals surface area (Å²) < 4.78 is 7.42. The van der Waals surface area contributed by atoms with E-state index in [1.807, 2.05) is 16.9 Å². The average molecular weight is 378 g/mol. The van der Waals surface area contributed by atoms with E-state index >= 15 is 0 Å². The quantitative estimate of drug-likeness (QED) is 0.866. The third kappa shape index (κ3) is 3.57. The average Bonchev–Trinajstić information content (AvgIpc) is 2.65. The van der Waals surface area contributed by atoms with Gasteiger partial charge in [0.1, 0.15) is 5.69 Å². The largest absolute Gasteiger partial charge is 0.381 e. The van der Waals surface area contributed by atoms with Gasteiger partial charge in [0, 0.05) is 50.5 Å². The van der Waals surface area contributed by atoms with E-state index in [1.165, 1.54) is 11.8 Å². The first-order valence-electron chi connectivity index (χ1n) is 9.50. The molecule has 7 heteroatoms. The lowest BCUT2D eigenvalue weighted by Crippen LogP contribution is -2.51. The lowest BCUT2D eigenvalue weighted by molar-refractivity contribution is -0.113. The maximum absolute atomic E-state index is 12.9. The number of nitrogens with zero attached hydrogens (tertiary/aromatic N) is 2. The predicted molar refractivity (Wildman–Crippen MR) is 104 cm³/mol. The summed E-state index contributed by atoms with van der Waals surface area (Å²) in [7, 11) is 0. The van der Waals surface area contributed by atoms with E-state index in [4.69, 9.17) is 4.74 Å². The van der Waals surface area contributed by atoms with E-state index in [0.29, 0.717) is 29.3 Å². The van der Waals surface area contributed by atoms with Gasteiger partial charge in [-0.15, -0.1) is 0 Å². The molecular weight excluding hydrogens is 350 g/mol. The Labute approximate surface area is 158 Å². The van der Waals surface area contributed by atoms with Gasteiger partial charge in [-0.1, -0.05) is 0 Å². The van der Waals surface area contributed by atoms with Crippen molar-refractivity contribution in [2.75, 3.05) is 43.6 Å². The van der Waals surface area contributed by atoms with Crippen molar-refractivity contribution >= 4 is 23.4 Å². The number of anilines is 1. The number of thioether (sulfide) groups is 1. The van der Waals surface area contributed by atoms with Gasteiger partial charge in [0.15, 0.2) is 0 Å². The monoisotopic (exact) mass is 377 g/mol. The fourth-order valence-electron chi connectivity index (χ4n) is 4.74. The standard InChI is InChI=1S/C19H27N3O3S/c1-26-12-18(23)20-16-2-3-17-14-8-13(10-22(17)19(16)24)9-21(11-14)15-4-6-25-7-5-15/h2-3,13-15H,4-12H2,1H3,(H,20,23)/t13-,14+/m0/s1. The topological polar surface area (TPSA) is 63.6 Å². The number of aromatic nitrogens is 1. The Morgan fingerprint density at radius 1 is 1.27 bits per heavy atom. The van der Waals surface area contributed by atoms with Crippen LogP contribution < -0.4 is 10.9 Å². The molecule has 142 valence electrons. The highest BCUT2D eigenvalue weighted by Crippen LogP contribution is 2.37. The van der Waals surface area contributed by atoms with Crippen molar-refractivity contribution < 1.29 is 9.53 Å². The summed E-state index contributed by atoms with van der Waals surface area (Å²) in [6.07, 6.45) is 5.28. The van der Waals surface area contributed by atoms with Crippen LogP contribution in [0.15, 0.2) is 16.9 Å². The van der Waals surface area contributed by atoms with Crippen molar-refractivity contribution in [1.82, 2.24) is 9.47 Å². The molecule has 1 N–H and O–H groups in total. The second-order valence-electron chi connectivity index (χ2n) is 7.66. The molecule has 0 unspecified atom stereocenters. The zero-order valence-corrected chi connectivity index (χ0v) is 16.1. The maximum Gasteiger partial charge on any atom is 0.274 e. The predicted octanol–water partition coefficient (Wildman–Crippen LogP) is 1.75. The van der Waals surface area contributed by atoms with Crippen LogP contribution in [0.2, 0.25) is 0 Å². The minimum atomic E-state index is -0.114. The molecule has 0 radical (unpaired) electrons. The molecule has 4 heterocycles. The van der Waals surface area contributed by atoms with E-state index < -0.39 is 0 Å². The molecule has 4 rings (SSSR count). The molecule has 0 aromatic carbocycles. The van der Waals surface area contributed by atoms with Gasteiger partial charge < -0.3 is 14.6 Å². The number of piperidine rings is 1. The number of likely N-dealkylation sites (tertiary alicyclic amines) is 1. The molecule has 6 nitrogen and oxygen atoms in total. The SMILES string of the molecule is CSCC(=O)Nc1ccc2n(c1=O)C[C@H]1C[C@@H]2CN(C2CCOCC2)C1. The summed E-state index contributed by atoms with van der Waals surface area (Å²) in [6.45, 7) is 4.59. The van der Waals surface area contributed by atoms with Crippen molar-refractivity contribution in [3.63, 3.8) is 0 Å². The summed E-state index contributed by atoms with van der Waals surface area (Å²) in [6, 6.07) is 4.46. The van der Waals surface area contributed by atoms with E-state index in [0.717, 1.165) is 57.8 Å². The van der Waals surface area contributed by atoms with Crippen molar-refractivity contribution in [3.05, 3.63) is 28.2 Å². The van der Waals surface area contributed by atoms with Crippen molar-refractivity contribution in [3.8, 4) is 0 Å². The van der Waals surface area contributed by atoms with Gasteiger partial charge in [-0.25, -0.2) is 0 Å². The number of fused-ring (bicyclic) bond motifs is 4. The van der Waals surface area contributed by atoms with Crippen LogP contribution in [-0.4, -0.2) is 59.7 Å². The number of nitrogens with one attached hydrogen (secondary N) is 1. The second kappa shape index (κ2) is 7.74. The first kappa shape index (κ1) is 18.1. The normalized spacial score (nSPS) is 26.3. The molecular formula is C19H27N3O3S. The molecule has 1 aromatic heterocycles. The van der Waals surface area contributed by atoms with Gasteiger partial charge in [-0.3, -0.25) is 14.5 Å². The Kier molecular flexibility index (Phi) is 5.38. The summed E-state index contributed by atoms with van der Waals surface area (Å²) >= 11 is 1.46. The number of amides is 1. The molecule has 0 saturated carbocycles. The number of ether oxygens (including phenoxy) is 1. The lowest BCUT2D eigenvalue weighted by atomic mass is 9.82. The molecule has 2 saturated heterocycles. The summed E-state index contributed by atoms with van der Waals surface area (Å²) in [5, 5.41) is 2.77. The van der Waals surface area contributed by atoms with Crippen molar-refractivity contribution in [2.45, 2.75) is 37.8 Å². The van der Waals surface area contributed by atoms with Gasteiger partial charge in [0.2, 0.25) is 5.91 Å². The molecule has 3 aliphatic rings. The molecule has 2 atom stereocenters. The lowest BCUT2D eigenvalue weighted by Gasteiger charge is -2.46. The Morgan fingerprint density at radius 2 is 2.08 bits per heavy atom. The van der Waals surface area contributed by atoms with E-state index in [9.17, 15) is 9.59 Å². The Balaban J connectivity index is 1.54. The molecule has 2 bridgehead atoms. The Bertz CT molecular complexity index is 729. The van der Waals surface area contributed by atoms with E-state index in [2.05, 4.69) is 10.2 Å². The number of hydrogen-bond acceptors (Lipinski definition) is 5. The fourth-order valence-corrected chi connectivity index (χ4v) is 5.08. The highest BCUT2D eigenvalue weighted by Gasteiger charge is 2.37. The van der Waals surface area contributed by atoms with Gasteiger partial charge in [-0.05, 0) is 43.6 Å². The number of pyridine rings is 1. The smallest absolute Gasteiger partial charge is 0.274 e. The number of carbonyl (C=O) groups excluding carboxylic acids is 1. The van der Waals surface area contributed by atoms with Crippen LogP contribution in [0.3, 0.4) is 0 Å². The molecule has 0 spiro atoms. The number of hydrogen-bond donors (Lipinski definition) is 1. The number of rotatable bonds is 4. The van der Waals surface area contributed by atoms with Crippen LogP contribution in [-0.2, 0) is 16.1 Å². The van der Waals surface area contributed by atoms with Crippen LogP contribution >= 0.6 is 11.8 Å². The minimum absolute atomic E-state index is 0.0498. The summed E-state index contributed by atoms with van der Waals surface area (Å²) in [4.78, 5) is 27.4. The first-order valence-corrected chi connectivity index (χ1v) is 10.9. The maximum atomic E-state index is 12.9. The van der Waals surface area contributed by atoms with E-state index in [-0.39, 0.29) is 11.5 Å². The van der Waals surface area contributed by atoms with Gasteiger partial charge in [0.05, 0.1) is 5.75 Å². The van der Waals surface area contributed by atoms with E-state index in [1.54, 1.807) is 6.07 Å². The Morgan fingerprint density at radius 3 is 2.85 bits per heavy atom. The minimum Gasteiger partial charge on any atom is -0.381 e.